The number of amides is 1. The molecule has 23 heavy (non-hydrogen) atoms. The van der Waals surface area contributed by atoms with Gasteiger partial charge in [0.15, 0.2) is 5.01 Å². The second kappa shape index (κ2) is 6.53. The first-order valence-electron chi connectivity index (χ1n) is 6.85. The summed E-state index contributed by atoms with van der Waals surface area (Å²) < 4.78 is 5.15. The molecule has 0 spiro atoms. The van der Waals surface area contributed by atoms with E-state index in [0.717, 1.165) is 10.6 Å². The first-order valence-corrected chi connectivity index (χ1v) is 7.66. The van der Waals surface area contributed by atoms with Gasteiger partial charge >= 0.3 is 0 Å². The molecular weight excluding hydrogens is 312 g/mol. The normalized spacial score (nSPS) is 10.3. The van der Waals surface area contributed by atoms with E-state index in [1.807, 2.05) is 12.1 Å². The molecule has 0 fully saturated rings. The molecule has 3 rings (SSSR count). The Labute approximate surface area is 137 Å². The summed E-state index contributed by atoms with van der Waals surface area (Å²) in [7, 11) is 3.24. The van der Waals surface area contributed by atoms with E-state index >= 15 is 0 Å². The summed E-state index contributed by atoms with van der Waals surface area (Å²) in [6.07, 6.45) is 3.41. The van der Waals surface area contributed by atoms with Gasteiger partial charge in [0.25, 0.3) is 5.91 Å². The molecule has 0 unspecified atom stereocenters. The third-order valence-electron chi connectivity index (χ3n) is 3.23. The van der Waals surface area contributed by atoms with Gasteiger partial charge in [0.05, 0.1) is 7.11 Å². The van der Waals surface area contributed by atoms with Gasteiger partial charge in [0.1, 0.15) is 5.75 Å². The van der Waals surface area contributed by atoms with Gasteiger partial charge in [-0.2, -0.15) is 0 Å². The SMILES string of the molecule is COc1cccc(C(=O)N(C)c2nnc(-c3cccnc3)s2)c1. The van der Waals surface area contributed by atoms with Crippen LogP contribution in [0.25, 0.3) is 10.6 Å². The van der Waals surface area contributed by atoms with Crippen molar-refractivity contribution < 1.29 is 9.53 Å². The van der Waals surface area contributed by atoms with Gasteiger partial charge in [-0.3, -0.25) is 14.7 Å². The molecule has 7 heteroatoms. The van der Waals surface area contributed by atoms with Crippen LogP contribution in [0.4, 0.5) is 5.13 Å². The second-order valence-electron chi connectivity index (χ2n) is 4.73. The van der Waals surface area contributed by atoms with E-state index < -0.39 is 0 Å². The summed E-state index contributed by atoms with van der Waals surface area (Å²) in [5, 5.41) is 9.47. The second-order valence-corrected chi connectivity index (χ2v) is 5.68. The predicted octanol–water partition coefficient (Wildman–Crippen LogP) is 2.89. The molecular formula is C16H14N4O2S. The Hall–Kier alpha value is -2.80. The van der Waals surface area contributed by atoms with Crippen molar-refractivity contribution in [2.45, 2.75) is 0 Å². The van der Waals surface area contributed by atoms with Crippen molar-refractivity contribution in [2.75, 3.05) is 19.1 Å². The number of nitrogens with zero attached hydrogens (tertiary/aromatic N) is 4. The number of ether oxygens (including phenoxy) is 1. The van der Waals surface area contributed by atoms with Crippen molar-refractivity contribution in [1.82, 2.24) is 15.2 Å². The molecule has 1 amide bonds. The summed E-state index contributed by atoms with van der Waals surface area (Å²) in [4.78, 5) is 18.1. The zero-order valence-electron chi connectivity index (χ0n) is 12.6. The molecule has 0 aliphatic rings. The highest BCUT2D eigenvalue weighted by Gasteiger charge is 2.18. The summed E-state index contributed by atoms with van der Waals surface area (Å²) in [6, 6.07) is 10.7. The standard InChI is InChI=1S/C16H14N4O2S/c1-20(15(21)11-5-3-7-13(9-11)22-2)16-19-18-14(23-16)12-6-4-8-17-10-12/h3-10H,1-2H3. The minimum Gasteiger partial charge on any atom is -0.497 e. The number of rotatable bonds is 4. The molecule has 2 heterocycles. The van der Waals surface area contributed by atoms with E-state index in [1.165, 1.54) is 16.2 Å². The van der Waals surface area contributed by atoms with Crippen LogP contribution in [-0.2, 0) is 0 Å². The van der Waals surface area contributed by atoms with Crippen molar-refractivity contribution in [3.63, 3.8) is 0 Å². The number of benzene rings is 1. The van der Waals surface area contributed by atoms with Gasteiger partial charge in [-0.05, 0) is 30.3 Å². The fraction of sp³-hybridized carbons (Fsp3) is 0.125. The molecule has 0 atom stereocenters. The van der Waals surface area contributed by atoms with Crippen molar-refractivity contribution in [3.05, 3.63) is 54.4 Å². The van der Waals surface area contributed by atoms with E-state index in [9.17, 15) is 4.79 Å². The number of anilines is 1. The smallest absolute Gasteiger partial charge is 0.259 e. The van der Waals surface area contributed by atoms with Gasteiger partial charge in [0.2, 0.25) is 5.13 Å². The third-order valence-corrected chi connectivity index (χ3v) is 4.28. The van der Waals surface area contributed by atoms with Crippen molar-refractivity contribution in [1.29, 1.82) is 0 Å². The molecule has 116 valence electrons. The molecule has 0 aliphatic heterocycles. The number of hydrogen-bond donors (Lipinski definition) is 0. The van der Waals surface area contributed by atoms with Gasteiger partial charge in [-0.1, -0.05) is 17.4 Å². The first-order chi connectivity index (χ1) is 11.2. The van der Waals surface area contributed by atoms with Crippen molar-refractivity contribution in [2.24, 2.45) is 0 Å². The number of carbonyl (C=O) groups excluding carboxylic acids is 1. The van der Waals surface area contributed by atoms with Crippen LogP contribution in [-0.4, -0.2) is 35.2 Å². The van der Waals surface area contributed by atoms with Crippen LogP contribution in [0.1, 0.15) is 10.4 Å². The zero-order chi connectivity index (χ0) is 16.2. The molecule has 0 radical (unpaired) electrons. The average molecular weight is 326 g/mol. The number of pyridine rings is 1. The van der Waals surface area contributed by atoms with Gasteiger partial charge in [-0.15, -0.1) is 10.2 Å². The number of carbonyl (C=O) groups is 1. The number of hydrogen-bond acceptors (Lipinski definition) is 6. The molecule has 6 nitrogen and oxygen atoms in total. The molecule has 3 aromatic rings. The van der Waals surface area contributed by atoms with Gasteiger partial charge < -0.3 is 4.74 Å². The molecule has 0 N–H and O–H groups in total. The fourth-order valence-electron chi connectivity index (χ4n) is 1.99. The van der Waals surface area contributed by atoms with Crippen LogP contribution in [0.2, 0.25) is 0 Å². The van der Waals surface area contributed by atoms with Crippen LogP contribution < -0.4 is 9.64 Å². The van der Waals surface area contributed by atoms with E-state index in [4.69, 9.17) is 4.74 Å². The van der Waals surface area contributed by atoms with Crippen molar-refractivity contribution in [3.8, 4) is 16.3 Å². The summed E-state index contributed by atoms with van der Waals surface area (Å²) in [6.45, 7) is 0. The van der Waals surface area contributed by atoms with E-state index in [-0.39, 0.29) is 5.91 Å². The summed E-state index contributed by atoms with van der Waals surface area (Å²) in [5.41, 5.74) is 1.41. The average Bonchev–Trinajstić information content (AvgIpc) is 3.11. The number of aromatic nitrogens is 3. The van der Waals surface area contributed by atoms with Gasteiger partial charge in [-0.25, -0.2) is 0 Å². The van der Waals surface area contributed by atoms with Crippen LogP contribution >= 0.6 is 11.3 Å². The molecule has 0 saturated carbocycles. The Morgan fingerprint density at radius 2 is 2.09 bits per heavy atom. The third kappa shape index (κ3) is 3.19. The molecule has 1 aromatic carbocycles. The molecule has 2 aromatic heterocycles. The van der Waals surface area contributed by atoms with Gasteiger partial charge in [0, 0.05) is 30.6 Å². The Morgan fingerprint density at radius 3 is 2.83 bits per heavy atom. The lowest BCUT2D eigenvalue weighted by Crippen LogP contribution is -2.26. The predicted molar refractivity (Wildman–Crippen MR) is 88.9 cm³/mol. The largest absolute Gasteiger partial charge is 0.497 e. The van der Waals surface area contributed by atoms with E-state index in [1.54, 1.807) is 50.8 Å². The quantitative estimate of drug-likeness (QED) is 0.737. The minimum absolute atomic E-state index is 0.169. The number of methoxy groups -OCH3 is 1. The van der Waals surface area contributed by atoms with Crippen molar-refractivity contribution >= 4 is 22.4 Å². The Balaban J connectivity index is 1.84. The zero-order valence-corrected chi connectivity index (χ0v) is 13.4. The van der Waals surface area contributed by atoms with Crippen LogP contribution in [0.15, 0.2) is 48.8 Å². The Morgan fingerprint density at radius 1 is 1.22 bits per heavy atom. The highest BCUT2D eigenvalue weighted by Crippen LogP contribution is 2.28. The first kappa shape index (κ1) is 15.1. The van der Waals surface area contributed by atoms with Crippen LogP contribution in [0.3, 0.4) is 0 Å². The van der Waals surface area contributed by atoms with Crippen LogP contribution in [0.5, 0.6) is 5.75 Å². The minimum atomic E-state index is -0.169. The summed E-state index contributed by atoms with van der Waals surface area (Å²) >= 11 is 1.34. The monoisotopic (exact) mass is 326 g/mol. The molecule has 0 aliphatic carbocycles. The summed E-state index contributed by atoms with van der Waals surface area (Å²) in [5.74, 6) is 0.468. The maximum Gasteiger partial charge on any atom is 0.259 e. The topological polar surface area (TPSA) is 68.2 Å². The highest BCUT2D eigenvalue weighted by molar-refractivity contribution is 7.18. The lowest BCUT2D eigenvalue weighted by molar-refractivity contribution is 0.0992. The highest BCUT2D eigenvalue weighted by atomic mass is 32.1. The Bertz CT molecular complexity index is 820. The fourth-order valence-corrected chi connectivity index (χ4v) is 2.79. The van der Waals surface area contributed by atoms with E-state index in [0.29, 0.717) is 16.4 Å². The maximum atomic E-state index is 12.6. The molecule has 0 saturated heterocycles. The van der Waals surface area contributed by atoms with E-state index in [2.05, 4.69) is 15.2 Å². The Kier molecular flexibility index (Phi) is 4.29. The molecule has 0 bridgehead atoms. The maximum absolute atomic E-state index is 12.6. The lowest BCUT2D eigenvalue weighted by Gasteiger charge is -2.13. The van der Waals surface area contributed by atoms with Crippen LogP contribution in [0, 0.1) is 0 Å². The lowest BCUT2D eigenvalue weighted by atomic mass is 10.2.